The van der Waals surface area contributed by atoms with Crippen LogP contribution in [0, 0.1) is 5.92 Å². The number of phenols is 1. The van der Waals surface area contributed by atoms with Gasteiger partial charge in [-0.25, -0.2) is 4.98 Å². The highest BCUT2D eigenvalue weighted by atomic mass is 16.4. The number of para-hydroxylation sites is 2. The number of likely N-dealkylation sites (N-methyl/N-ethyl adjacent to an activating group) is 1. The van der Waals surface area contributed by atoms with Crippen molar-refractivity contribution in [3.63, 3.8) is 0 Å². The molecule has 0 aliphatic carbocycles. The van der Waals surface area contributed by atoms with Gasteiger partial charge in [-0.2, -0.15) is 0 Å². The molecule has 6 aromatic rings. The molecule has 31 heteroatoms. The zero-order valence-corrected chi connectivity index (χ0v) is 54.4. The fraction of sp³-hybridized carbons (Fsp3) is 0.439. The number of H-pyrrole nitrogens is 3. The Balaban J connectivity index is 0.00000322. The van der Waals surface area contributed by atoms with Crippen molar-refractivity contribution in [1.82, 2.24) is 72.7 Å². The summed E-state index contributed by atoms with van der Waals surface area (Å²) in [6.07, 6.45) is 6.96. The van der Waals surface area contributed by atoms with Gasteiger partial charge in [0, 0.05) is 105 Å². The Hall–Kier alpha value is -10.9. The summed E-state index contributed by atoms with van der Waals surface area (Å²) >= 11 is 0. The lowest BCUT2D eigenvalue weighted by Gasteiger charge is -2.31. The van der Waals surface area contributed by atoms with Crippen LogP contribution < -0.4 is 59.3 Å². The number of aromatic nitrogens is 4. The number of nitrogens with two attached hydrogens (primary N) is 2. The Morgan fingerprint density at radius 3 is 1.69 bits per heavy atom. The van der Waals surface area contributed by atoms with Gasteiger partial charge >= 0.3 is 0 Å². The number of carboxylic acids is 1. The van der Waals surface area contributed by atoms with Crippen LogP contribution in [0.1, 0.15) is 95.0 Å². The number of rotatable bonds is 32. The number of fused-ring (bicyclic) bond motifs is 2. The number of aliphatic hydroxyl groups excluding tert-OH is 1. The van der Waals surface area contributed by atoms with Crippen molar-refractivity contribution in [2.24, 2.45) is 22.4 Å². The number of hydrogen-bond donors (Lipinski definition) is 17. The third-order valence-corrected chi connectivity index (χ3v) is 16.3. The first-order valence-corrected chi connectivity index (χ1v) is 32.1. The van der Waals surface area contributed by atoms with E-state index in [2.05, 4.69) is 72.8 Å². The van der Waals surface area contributed by atoms with Crippen LogP contribution in [0.25, 0.3) is 21.8 Å². The summed E-state index contributed by atoms with van der Waals surface area (Å²) in [7, 11) is 0. The minimum atomic E-state index is -1.79. The molecule has 2 saturated heterocycles. The molecule has 0 spiro atoms. The van der Waals surface area contributed by atoms with Gasteiger partial charge in [-0.3, -0.25) is 57.7 Å². The van der Waals surface area contributed by atoms with E-state index in [-0.39, 0.29) is 93.8 Å². The molecule has 2 fully saturated rings. The fourth-order valence-electron chi connectivity index (χ4n) is 11.5. The Labute approximate surface area is 558 Å². The third-order valence-electron chi connectivity index (χ3n) is 16.3. The lowest BCUT2D eigenvalue weighted by Crippen LogP contribution is -2.61. The molecule has 10 amide bonds. The monoisotopic (exact) mass is 1340 g/mol. The molecule has 2 aliphatic rings. The van der Waals surface area contributed by atoms with Crippen LogP contribution in [0.5, 0.6) is 5.75 Å². The second kappa shape index (κ2) is 35.6. The number of hydrogen-bond acceptors (Lipinski definition) is 15. The maximum atomic E-state index is 15.0. The van der Waals surface area contributed by atoms with Crippen LogP contribution in [0.2, 0.25) is 0 Å². The zero-order chi connectivity index (χ0) is 70.3. The number of aromatic amines is 3. The standard InChI is InChI=1S/C64H83N17O12.C2H4O2/c1-4-68-62(92)53-16-10-24-81(53)63(93)51(25-35(2)3)79-58(88)48(27-37-30-70-43-13-7-5-11-41(37)43)76-55(85)45(15-9-23-69-64(65)66)74-57(87)47(26-36-17-19-40(83)20-18-36)75-61(91)52(33-82)80-59(89)49(28-38-31-71-44-14-8-6-12-42(38)44)77-60(90)50(29-39-32-67-34-72-39)78-56(86)46-21-22-54(84)73-46;1-2(3)4/h5-8,11-14,17-20,30-32,34-35,45-53,70-71,82-83H,4,9-10,15-16,21-29,33H2,1-3H3,(H,67,72)(H,68,92)(H,73,84)(H,74,87)(H,75,91)(H,76,85)(H,77,90)(H,78,86)(H,79,88)(H,80,89)(H4,65,66,69);1H3,(H,3,4)/t45-,46+,47+,48+,49+,50+,51+,52+,53+;/m1./s1. The average Bonchev–Trinajstić information content (AvgIpc) is 1.72. The first kappa shape index (κ1) is 73.6. The van der Waals surface area contributed by atoms with Gasteiger partial charge in [-0.15, -0.1) is 0 Å². The van der Waals surface area contributed by atoms with Crippen molar-refractivity contribution in [3.8, 4) is 5.75 Å². The molecule has 520 valence electrons. The summed E-state index contributed by atoms with van der Waals surface area (Å²) in [6.45, 7) is 6.25. The molecule has 97 heavy (non-hydrogen) atoms. The minimum absolute atomic E-state index is 0.000960. The number of carbonyl (C=O) groups excluding carboxylic acids is 10. The Morgan fingerprint density at radius 1 is 0.660 bits per heavy atom. The summed E-state index contributed by atoms with van der Waals surface area (Å²) in [5.41, 5.74) is 14.8. The number of nitrogens with one attached hydrogen (secondary N) is 12. The maximum absolute atomic E-state index is 15.0. The molecular weight excluding hydrogens is 1250 g/mol. The quantitative estimate of drug-likeness (QED) is 0.0141. The molecule has 0 bridgehead atoms. The van der Waals surface area contributed by atoms with E-state index in [4.69, 9.17) is 21.4 Å². The highest BCUT2D eigenvalue weighted by molar-refractivity contribution is 6.00. The number of phenolic OH excluding ortho intramolecular Hbond substituents is 1. The second-order valence-electron chi connectivity index (χ2n) is 24.2. The average molecular weight is 1340 g/mol. The summed E-state index contributed by atoms with van der Waals surface area (Å²) < 4.78 is 0. The van der Waals surface area contributed by atoms with Gasteiger partial charge < -0.3 is 94.5 Å². The number of carbonyl (C=O) groups is 11. The van der Waals surface area contributed by atoms with Crippen molar-refractivity contribution >= 4 is 92.8 Å². The highest BCUT2D eigenvalue weighted by Gasteiger charge is 2.40. The summed E-state index contributed by atoms with van der Waals surface area (Å²) in [4.78, 5) is 169. The number of benzene rings is 3. The Kier molecular flexibility index (Phi) is 27.0. The van der Waals surface area contributed by atoms with Crippen LogP contribution in [0.15, 0.2) is 103 Å². The molecule has 8 rings (SSSR count). The zero-order valence-electron chi connectivity index (χ0n) is 54.4. The number of aliphatic imine (C=N–C) groups is 1. The van der Waals surface area contributed by atoms with Gasteiger partial charge in [0.15, 0.2) is 5.96 Å². The molecule has 3 aromatic heterocycles. The summed E-state index contributed by atoms with van der Waals surface area (Å²) in [6, 6.07) is 8.40. The lowest BCUT2D eigenvalue weighted by molar-refractivity contribution is -0.142. The SMILES string of the molecule is CC(=O)O.CCNC(=O)[C@@H]1CCCN1C(=O)[C@H](CC(C)C)NC(=O)[C@H](Cc1c[nH]c2ccccc12)NC(=O)[C@@H](CCCN=C(N)N)NC(=O)[C@H](Cc1ccc(O)cc1)NC(=O)[C@H](CO)NC(=O)[C@H](Cc1c[nH]c2ccccc12)NC(=O)[C@H](Cc1cnc[nH]1)NC(=O)[C@@H]1CCC(=O)N1. The van der Waals surface area contributed by atoms with Crippen LogP contribution >= 0.6 is 0 Å². The molecule has 3 aromatic carbocycles. The molecule has 9 atom stereocenters. The van der Waals surface area contributed by atoms with Crippen molar-refractivity contribution in [1.29, 1.82) is 0 Å². The van der Waals surface area contributed by atoms with E-state index in [0.717, 1.165) is 17.8 Å². The molecule has 2 aliphatic heterocycles. The first-order chi connectivity index (χ1) is 46.4. The predicted molar refractivity (Wildman–Crippen MR) is 356 cm³/mol. The lowest BCUT2D eigenvalue weighted by atomic mass is 9.99. The van der Waals surface area contributed by atoms with Gasteiger partial charge in [0.05, 0.1) is 12.9 Å². The van der Waals surface area contributed by atoms with Crippen LogP contribution in [-0.2, 0) is 78.4 Å². The van der Waals surface area contributed by atoms with Gasteiger partial charge in [0.1, 0.15) is 60.1 Å². The van der Waals surface area contributed by atoms with E-state index in [9.17, 15) is 53.4 Å². The largest absolute Gasteiger partial charge is 0.508 e. The summed E-state index contributed by atoms with van der Waals surface area (Å²) in [5.74, 6) is -8.42. The number of imidazole rings is 1. The van der Waals surface area contributed by atoms with Crippen molar-refractivity contribution in [3.05, 3.63) is 120 Å². The summed E-state index contributed by atoms with van der Waals surface area (Å²) in [5, 5.41) is 54.4. The maximum Gasteiger partial charge on any atom is 0.300 e. The Bertz CT molecular complexity index is 3750. The number of aliphatic hydroxyl groups is 1. The van der Waals surface area contributed by atoms with Crippen LogP contribution in [0.4, 0.5) is 0 Å². The molecule has 5 heterocycles. The van der Waals surface area contributed by atoms with Crippen LogP contribution in [-0.4, -0.2) is 192 Å². The first-order valence-electron chi connectivity index (χ1n) is 32.1. The third kappa shape index (κ3) is 21.6. The van der Waals surface area contributed by atoms with E-state index < -0.39 is 114 Å². The number of amides is 10. The van der Waals surface area contributed by atoms with Gasteiger partial charge in [0.25, 0.3) is 5.97 Å². The van der Waals surface area contributed by atoms with Gasteiger partial charge in [-0.1, -0.05) is 62.4 Å². The van der Waals surface area contributed by atoms with E-state index in [1.165, 1.54) is 41.7 Å². The normalized spacial score (nSPS) is 16.4. The minimum Gasteiger partial charge on any atom is -0.508 e. The van der Waals surface area contributed by atoms with Gasteiger partial charge in [0.2, 0.25) is 59.1 Å². The van der Waals surface area contributed by atoms with Gasteiger partial charge in [-0.05, 0) is 92.3 Å². The van der Waals surface area contributed by atoms with Crippen LogP contribution in [0.3, 0.4) is 0 Å². The molecule has 0 saturated carbocycles. The fourth-order valence-corrected chi connectivity index (χ4v) is 11.5. The number of aromatic hydroxyl groups is 1. The second-order valence-corrected chi connectivity index (χ2v) is 24.2. The number of guanidine groups is 1. The topological polar surface area (TPSA) is 485 Å². The molecule has 0 radical (unpaired) electrons. The van der Waals surface area contributed by atoms with Crippen molar-refractivity contribution in [2.45, 2.75) is 153 Å². The predicted octanol–water partition coefficient (Wildman–Crippen LogP) is -0.669. The number of aliphatic carboxylic acids is 1. The number of nitrogens with zero attached hydrogens (tertiary/aromatic N) is 3. The van der Waals surface area contributed by atoms with Crippen molar-refractivity contribution in [2.75, 3.05) is 26.2 Å². The number of carboxylic acid groups (broad SMARTS) is 1. The van der Waals surface area contributed by atoms with E-state index in [1.54, 1.807) is 37.5 Å². The smallest absolute Gasteiger partial charge is 0.300 e. The molecular formula is C66H87N17O14. The highest BCUT2D eigenvalue weighted by Crippen LogP contribution is 2.24. The van der Waals surface area contributed by atoms with E-state index in [0.29, 0.717) is 59.2 Å². The molecule has 31 nitrogen and oxygen atoms in total. The van der Waals surface area contributed by atoms with Crippen molar-refractivity contribution < 1.29 is 68.1 Å². The Morgan fingerprint density at radius 2 is 1.18 bits per heavy atom. The number of likely N-dealkylation sites (tertiary alicyclic amines) is 1. The van der Waals surface area contributed by atoms with E-state index in [1.807, 2.05) is 44.2 Å². The van der Waals surface area contributed by atoms with E-state index >= 15 is 4.79 Å². The molecule has 19 N–H and O–H groups in total. The molecule has 0 unspecified atom stereocenters.